The van der Waals surface area contributed by atoms with Crippen molar-refractivity contribution in [1.29, 1.82) is 0 Å². The van der Waals surface area contributed by atoms with Crippen LogP contribution in [-0.4, -0.2) is 39.5 Å². The maximum Gasteiger partial charge on any atom is 0.407 e. The van der Waals surface area contributed by atoms with Gasteiger partial charge in [-0.1, -0.05) is 12.1 Å². The second kappa shape index (κ2) is 9.52. The molecule has 2 N–H and O–H groups in total. The number of pyridine rings is 1. The molecule has 1 amide bonds. The Morgan fingerprint density at radius 1 is 0.879 bits per heavy atom. The van der Waals surface area contributed by atoms with Crippen LogP contribution in [0.5, 0.6) is 17.2 Å². The lowest BCUT2D eigenvalue weighted by Gasteiger charge is -2.17. The second-order valence-electron chi connectivity index (χ2n) is 7.25. The summed E-state index contributed by atoms with van der Waals surface area (Å²) >= 11 is 0. The summed E-state index contributed by atoms with van der Waals surface area (Å²) in [6.07, 6.45) is -0.479. The van der Waals surface area contributed by atoms with Crippen LogP contribution in [-0.2, 0) is 11.3 Å². The van der Waals surface area contributed by atoms with Crippen LogP contribution in [0.15, 0.2) is 54.6 Å². The molecule has 0 saturated carbocycles. The number of carbonyl (C=O) groups is 1. The largest absolute Gasteiger partial charge is 0.497 e. The molecule has 0 unspecified atom stereocenters. The number of amides is 1. The fraction of sp³-hybridized carbons (Fsp3) is 0.200. The number of fused-ring (bicyclic) bond motifs is 2. The first-order chi connectivity index (χ1) is 16.1. The normalized spacial score (nSPS) is 10.7. The Morgan fingerprint density at radius 3 is 2.36 bits per heavy atom. The SMILES string of the molecule is CNC(=O)OCc1cccc(Nc2c3cc(OC)ccc3nc3cc(OC)c(OC)cc23)c1. The summed E-state index contributed by atoms with van der Waals surface area (Å²) in [5.41, 5.74) is 4.09. The van der Waals surface area contributed by atoms with Gasteiger partial charge >= 0.3 is 6.09 Å². The summed E-state index contributed by atoms with van der Waals surface area (Å²) < 4.78 is 21.6. The molecule has 0 bridgehead atoms. The number of nitrogens with zero attached hydrogens (tertiary/aromatic N) is 1. The van der Waals surface area contributed by atoms with Crippen LogP contribution in [0.3, 0.4) is 0 Å². The number of aromatic nitrogens is 1. The van der Waals surface area contributed by atoms with Crippen molar-refractivity contribution < 1.29 is 23.7 Å². The number of ether oxygens (including phenoxy) is 4. The van der Waals surface area contributed by atoms with Gasteiger partial charge in [-0.3, -0.25) is 0 Å². The lowest BCUT2D eigenvalue weighted by Crippen LogP contribution is -2.18. The lowest BCUT2D eigenvalue weighted by atomic mass is 10.1. The Balaban J connectivity index is 1.85. The van der Waals surface area contributed by atoms with Crippen molar-refractivity contribution in [3.63, 3.8) is 0 Å². The molecule has 0 saturated heterocycles. The number of methoxy groups -OCH3 is 3. The minimum Gasteiger partial charge on any atom is -0.497 e. The van der Waals surface area contributed by atoms with Gasteiger partial charge in [-0.05, 0) is 42.0 Å². The van der Waals surface area contributed by atoms with E-state index >= 15 is 0 Å². The van der Waals surface area contributed by atoms with E-state index in [0.29, 0.717) is 11.5 Å². The zero-order valence-electron chi connectivity index (χ0n) is 18.9. The number of alkyl carbamates (subject to hydrolysis) is 1. The number of hydrogen-bond donors (Lipinski definition) is 2. The first-order valence-electron chi connectivity index (χ1n) is 10.3. The molecule has 0 atom stereocenters. The van der Waals surface area contributed by atoms with Gasteiger partial charge in [0.05, 0.1) is 38.1 Å². The molecule has 0 aliphatic carbocycles. The van der Waals surface area contributed by atoms with E-state index in [1.165, 1.54) is 7.05 Å². The zero-order valence-corrected chi connectivity index (χ0v) is 18.9. The molecule has 0 aliphatic rings. The fourth-order valence-corrected chi connectivity index (χ4v) is 3.61. The highest BCUT2D eigenvalue weighted by molar-refractivity contribution is 6.09. The van der Waals surface area contributed by atoms with Crippen molar-refractivity contribution in [2.24, 2.45) is 0 Å². The summed E-state index contributed by atoms with van der Waals surface area (Å²) in [4.78, 5) is 16.3. The van der Waals surface area contributed by atoms with Crippen LogP contribution in [0.1, 0.15) is 5.56 Å². The molecule has 170 valence electrons. The Morgan fingerprint density at radius 2 is 1.64 bits per heavy atom. The third kappa shape index (κ3) is 4.55. The van der Waals surface area contributed by atoms with Crippen molar-refractivity contribution >= 4 is 39.3 Å². The average molecular weight is 447 g/mol. The van der Waals surface area contributed by atoms with Gasteiger partial charge < -0.3 is 29.6 Å². The van der Waals surface area contributed by atoms with Gasteiger partial charge in [-0.2, -0.15) is 0 Å². The predicted molar refractivity (Wildman–Crippen MR) is 128 cm³/mol. The smallest absolute Gasteiger partial charge is 0.407 e. The van der Waals surface area contributed by atoms with E-state index in [1.807, 2.05) is 54.6 Å². The molecule has 8 heteroatoms. The minimum absolute atomic E-state index is 0.159. The molecule has 0 fully saturated rings. The van der Waals surface area contributed by atoms with Crippen molar-refractivity contribution in [2.75, 3.05) is 33.7 Å². The Labute approximate surface area is 191 Å². The van der Waals surface area contributed by atoms with Crippen molar-refractivity contribution in [2.45, 2.75) is 6.61 Å². The maximum absolute atomic E-state index is 11.4. The van der Waals surface area contributed by atoms with Gasteiger partial charge in [0.15, 0.2) is 11.5 Å². The third-order valence-electron chi connectivity index (χ3n) is 5.26. The number of hydrogen-bond acceptors (Lipinski definition) is 7. The summed E-state index contributed by atoms with van der Waals surface area (Å²) in [5, 5.41) is 7.72. The van der Waals surface area contributed by atoms with E-state index in [9.17, 15) is 4.79 Å². The highest BCUT2D eigenvalue weighted by Crippen LogP contribution is 2.40. The third-order valence-corrected chi connectivity index (χ3v) is 5.26. The second-order valence-corrected chi connectivity index (χ2v) is 7.25. The summed E-state index contributed by atoms with van der Waals surface area (Å²) in [6.45, 7) is 0.159. The minimum atomic E-state index is -0.479. The molecule has 3 aromatic carbocycles. The van der Waals surface area contributed by atoms with Crippen LogP contribution < -0.4 is 24.8 Å². The zero-order chi connectivity index (χ0) is 23.4. The molecule has 0 radical (unpaired) electrons. The van der Waals surface area contributed by atoms with Gasteiger partial charge in [-0.15, -0.1) is 0 Å². The number of benzene rings is 3. The highest BCUT2D eigenvalue weighted by atomic mass is 16.5. The van der Waals surface area contributed by atoms with Crippen LogP contribution in [0.25, 0.3) is 21.8 Å². The van der Waals surface area contributed by atoms with Gasteiger partial charge in [0.25, 0.3) is 0 Å². The van der Waals surface area contributed by atoms with Gasteiger partial charge in [0.2, 0.25) is 0 Å². The molecule has 4 rings (SSSR count). The molecule has 1 aromatic heterocycles. The Kier molecular flexibility index (Phi) is 6.35. The van der Waals surface area contributed by atoms with Crippen molar-refractivity contribution in [1.82, 2.24) is 10.3 Å². The fourth-order valence-electron chi connectivity index (χ4n) is 3.61. The first kappa shape index (κ1) is 22.0. The Bertz CT molecular complexity index is 1320. The van der Waals surface area contributed by atoms with Crippen molar-refractivity contribution in [3.05, 3.63) is 60.2 Å². The average Bonchev–Trinajstić information content (AvgIpc) is 2.86. The van der Waals surface area contributed by atoms with Gasteiger partial charge in [0, 0.05) is 29.6 Å². The van der Waals surface area contributed by atoms with E-state index < -0.39 is 6.09 Å². The predicted octanol–water partition coefficient (Wildman–Crippen LogP) is 5.01. The van der Waals surface area contributed by atoms with Gasteiger partial charge in [-0.25, -0.2) is 9.78 Å². The monoisotopic (exact) mass is 447 g/mol. The molecule has 8 nitrogen and oxygen atoms in total. The molecular formula is C25H25N3O5. The Hall–Kier alpha value is -4.20. The highest BCUT2D eigenvalue weighted by Gasteiger charge is 2.15. The number of rotatable bonds is 7. The van der Waals surface area contributed by atoms with E-state index in [1.54, 1.807) is 21.3 Å². The molecular weight excluding hydrogens is 422 g/mol. The summed E-state index contributed by atoms with van der Waals surface area (Å²) in [7, 11) is 6.36. The molecule has 1 heterocycles. The topological polar surface area (TPSA) is 90.9 Å². The molecule has 33 heavy (non-hydrogen) atoms. The number of carbonyl (C=O) groups excluding carboxylic acids is 1. The van der Waals surface area contributed by atoms with E-state index in [4.69, 9.17) is 23.9 Å². The maximum atomic E-state index is 11.4. The summed E-state index contributed by atoms with van der Waals surface area (Å²) in [6, 6.07) is 17.2. The molecule has 0 spiro atoms. The van der Waals surface area contributed by atoms with Gasteiger partial charge in [0.1, 0.15) is 12.4 Å². The molecule has 0 aliphatic heterocycles. The van der Waals surface area contributed by atoms with E-state index in [0.717, 1.165) is 44.5 Å². The molecule has 4 aromatic rings. The first-order valence-corrected chi connectivity index (χ1v) is 10.3. The quantitative estimate of drug-likeness (QED) is 0.385. The summed E-state index contributed by atoms with van der Waals surface area (Å²) in [5.74, 6) is 1.93. The van der Waals surface area contributed by atoms with Crippen molar-refractivity contribution in [3.8, 4) is 17.2 Å². The number of anilines is 2. The number of nitrogens with one attached hydrogen (secondary N) is 2. The van der Waals surface area contributed by atoms with E-state index in [-0.39, 0.29) is 6.61 Å². The standard InChI is InChI=1S/C25H25N3O5/c1-26-25(29)33-14-15-6-5-7-16(10-15)27-24-18-11-17(30-2)8-9-20(18)28-21-13-23(32-4)22(31-3)12-19(21)24/h5-13H,14H2,1-4H3,(H,26,29)(H,27,28). The van der Waals surface area contributed by atoms with Crippen LogP contribution in [0, 0.1) is 0 Å². The lowest BCUT2D eigenvalue weighted by molar-refractivity contribution is 0.142. The van der Waals surface area contributed by atoms with Crippen LogP contribution in [0.2, 0.25) is 0 Å². The van der Waals surface area contributed by atoms with Crippen LogP contribution in [0.4, 0.5) is 16.2 Å². The van der Waals surface area contributed by atoms with E-state index in [2.05, 4.69) is 10.6 Å². The van der Waals surface area contributed by atoms with Crippen LogP contribution >= 0.6 is 0 Å².